The van der Waals surface area contributed by atoms with Crippen molar-refractivity contribution in [3.05, 3.63) is 42.1 Å². The summed E-state index contributed by atoms with van der Waals surface area (Å²) in [7, 11) is 2.13. The number of rotatable bonds is 4. The molecule has 0 bridgehead atoms. The molecule has 1 saturated heterocycles. The Morgan fingerprint density at radius 1 is 1.26 bits per heavy atom. The van der Waals surface area contributed by atoms with Gasteiger partial charge in [-0.25, -0.2) is 0 Å². The third kappa shape index (κ3) is 4.39. The fourth-order valence-electron chi connectivity index (χ4n) is 4.28. The number of aromatic nitrogens is 2. The Morgan fingerprint density at radius 3 is 3.00 bits per heavy atom. The van der Waals surface area contributed by atoms with Gasteiger partial charge in [0.25, 0.3) is 5.91 Å². The molecule has 6 nitrogen and oxygen atoms in total. The van der Waals surface area contributed by atoms with Crippen LogP contribution in [0, 0.1) is 5.92 Å². The number of nitrogens with zero attached hydrogens (tertiary/aromatic N) is 3. The minimum absolute atomic E-state index is 0.0895. The number of allylic oxidation sites excluding steroid dienone is 2. The number of carbonyl (C=O) groups excluding carboxylic acids is 1. The van der Waals surface area contributed by atoms with Gasteiger partial charge in [-0.05, 0) is 38.3 Å². The van der Waals surface area contributed by atoms with Crippen molar-refractivity contribution in [2.45, 2.75) is 25.3 Å². The molecule has 2 unspecified atom stereocenters. The number of aromatic amines is 1. The SMILES string of the molecule is CN1CCN(CC2CC=CCC2)CC(NC(=O)c2n[nH]c3ccccc23)C1. The Bertz CT molecular complexity index is 814. The van der Waals surface area contributed by atoms with Crippen LogP contribution in [0.1, 0.15) is 29.8 Å². The summed E-state index contributed by atoms with van der Waals surface area (Å²) in [5.74, 6) is 0.651. The Kier molecular flexibility index (Phi) is 5.55. The summed E-state index contributed by atoms with van der Waals surface area (Å²) in [6, 6.07) is 7.88. The number of H-pyrrole nitrogens is 1. The smallest absolute Gasteiger partial charge is 0.272 e. The van der Waals surface area contributed by atoms with Crippen LogP contribution in [0.5, 0.6) is 0 Å². The lowest BCUT2D eigenvalue weighted by Gasteiger charge is -2.29. The number of hydrogen-bond donors (Lipinski definition) is 2. The molecule has 27 heavy (non-hydrogen) atoms. The zero-order chi connectivity index (χ0) is 18.6. The number of para-hydroxylation sites is 1. The maximum atomic E-state index is 12.9. The Balaban J connectivity index is 1.42. The van der Waals surface area contributed by atoms with Crippen molar-refractivity contribution in [1.29, 1.82) is 0 Å². The quantitative estimate of drug-likeness (QED) is 0.814. The molecule has 0 radical (unpaired) electrons. The second-order valence-electron chi connectivity index (χ2n) is 7.96. The number of hydrogen-bond acceptors (Lipinski definition) is 4. The second kappa shape index (κ2) is 8.23. The molecule has 2 atom stereocenters. The van der Waals surface area contributed by atoms with E-state index in [-0.39, 0.29) is 11.9 Å². The number of benzene rings is 1. The number of amides is 1. The van der Waals surface area contributed by atoms with Crippen molar-refractivity contribution >= 4 is 16.8 Å². The van der Waals surface area contributed by atoms with Gasteiger partial charge in [-0.3, -0.25) is 14.8 Å². The highest BCUT2D eigenvalue weighted by molar-refractivity contribution is 6.04. The van der Waals surface area contributed by atoms with Crippen LogP contribution in [-0.2, 0) is 0 Å². The summed E-state index contributed by atoms with van der Waals surface area (Å²) in [4.78, 5) is 17.7. The minimum Gasteiger partial charge on any atom is -0.345 e. The Hall–Kier alpha value is -2.18. The number of likely N-dealkylation sites (N-methyl/N-ethyl adjacent to an activating group) is 1. The fourth-order valence-corrected chi connectivity index (χ4v) is 4.28. The first kappa shape index (κ1) is 18.2. The lowest BCUT2D eigenvalue weighted by atomic mass is 9.94. The van der Waals surface area contributed by atoms with E-state index in [0.29, 0.717) is 5.69 Å². The predicted octanol–water partition coefficient (Wildman–Crippen LogP) is 2.26. The standard InChI is InChI=1S/C21H29N5O/c1-25-11-12-26(13-16-7-3-2-4-8-16)15-17(14-25)22-21(27)20-18-9-5-6-10-19(18)23-24-20/h2-3,5-6,9-10,16-17H,4,7-8,11-15H2,1H3,(H,22,27)(H,23,24). The largest absolute Gasteiger partial charge is 0.345 e. The Labute approximate surface area is 160 Å². The summed E-state index contributed by atoms with van der Waals surface area (Å²) < 4.78 is 0. The number of nitrogens with one attached hydrogen (secondary N) is 2. The topological polar surface area (TPSA) is 64.3 Å². The van der Waals surface area contributed by atoms with E-state index in [1.54, 1.807) is 0 Å². The summed E-state index contributed by atoms with van der Waals surface area (Å²) in [6.07, 6.45) is 8.27. The van der Waals surface area contributed by atoms with E-state index in [1.165, 1.54) is 19.3 Å². The van der Waals surface area contributed by atoms with Crippen molar-refractivity contribution in [3.63, 3.8) is 0 Å². The van der Waals surface area contributed by atoms with Crippen molar-refractivity contribution in [1.82, 2.24) is 25.3 Å². The molecule has 4 rings (SSSR count). The van der Waals surface area contributed by atoms with Crippen molar-refractivity contribution in [2.75, 3.05) is 39.8 Å². The van der Waals surface area contributed by atoms with E-state index < -0.39 is 0 Å². The molecule has 0 spiro atoms. The van der Waals surface area contributed by atoms with Gasteiger partial charge in [0.2, 0.25) is 0 Å². The average molecular weight is 367 g/mol. The highest BCUT2D eigenvalue weighted by Crippen LogP contribution is 2.20. The van der Waals surface area contributed by atoms with Gasteiger partial charge in [0, 0.05) is 38.1 Å². The predicted molar refractivity (Wildman–Crippen MR) is 108 cm³/mol. The second-order valence-corrected chi connectivity index (χ2v) is 7.96. The van der Waals surface area contributed by atoms with Gasteiger partial charge in [-0.15, -0.1) is 0 Å². The maximum absolute atomic E-state index is 12.9. The summed E-state index contributed by atoms with van der Waals surface area (Å²) in [6.45, 7) is 5.00. The molecule has 1 amide bonds. The molecule has 1 fully saturated rings. The van der Waals surface area contributed by atoms with E-state index in [0.717, 1.165) is 49.5 Å². The fraction of sp³-hybridized carbons (Fsp3) is 0.524. The normalized spacial score (nSPS) is 24.8. The van der Waals surface area contributed by atoms with Crippen LogP contribution in [0.15, 0.2) is 36.4 Å². The minimum atomic E-state index is -0.0895. The Morgan fingerprint density at radius 2 is 2.15 bits per heavy atom. The summed E-state index contributed by atoms with van der Waals surface area (Å²) in [5.41, 5.74) is 1.38. The average Bonchev–Trinajstić information content (AvgIpc) is 3.03. The van der Waals surface area contributed by atoms with Gasteiger partial charge in [-0.2, -0.15) is 5.10 Å². The molecule has 1 aliphatic heterocycles. The first-order chi connectivity index (χ1) is 13.2. The van der Waals surface area contributed by atoms with E-state index >= 15 is 0 Å². The summed E-state index contributed by atoms with van der Waals surface area (Å²) >= 11 is 0. The van der Waals surface area contributed by atoms with E-state index in [2.05, 4.69) is 44.5 Å². The zero-order valence-electron chi connectivity index (χ0n) is 16.0. The maximum Gasteiger partial charge on any atom is 0.272 e. The van der Waals surface area contributed by atoms with Gasteiger partial charge in [-0.1, -0.05) is 30.4 Å². The monoisotopic (exact) mass is 367 g/mol. The molecule has 1 aromatic carbocycles. The molecule has 2 aliphatic rings. The number of fused-ring (bicyclic) bond motifs is 1. The zero-order valence-corrected chi connectivity index (χ0v) is 16.0. The molecule has 2 N–H and O–H groups in total. The van der Waals surface area contributed by atoms with Gasteiger partial charge >= 0.3 is 0 Å². The van der Waals surface area contributed by atoms with Crippen molar-refractivity contribution in [2.24, 2.45) is 5.92 Å². The van der Waals surface area contributed by atoms with Crippen molar-refractivity contribution < 1.29 is 4.79 Å². The third-order valence-electron chi connectivity index (χ3n) is 5.72. The van der Waals surface area contributed by atoms with Crippen LogP contribution in [0.3, 0.4) is 0 Å². The van der Waals surface area contributed by atoms with E-state index in [1.807, 2.05) is 24.3 Å². The summed E-state index contributed by atoms with van der Waals surface area (Å²) in [5, 5.41) is 11.3. The molecule has 2 aromatic rings. The van der Waals surface area contributed by atoms with Gasteiger partial charge < -0.3 is 10.2 Å². The molecule has 6 heteroatoms. The molecule has 144 valence electrons. The third-order valence-corrected chi connectivity index (χ3v) is 5.72. The molecular weight excluding hydrogens is 338 g/mol. The highest BCUT2D eigenvalue weighted by atomic mass is 16.2. The van der Waals surface area contributed by atoms with E-state index in [9.17, 15) is 4.79 Å². The van der Waals surface area contributed by atoms with Crippen LogP contribution in [-0.4, -0.2) is 71.7 Å². The van der Waals surface area contributed by atoms with Crippen LogP contribution in [0.2, 0.25) is 0 Å². The van der Waals surface area contributed by atoms with Crippen LogP contribution in [0.4, 0.5) is 0 Å². The first-order valence-electron chi connectivity index (χ1n) is 9.99. The molecule has 1 aromatic heterocycles. The first-order valence-corrected chi connectivity index (χ1v) is 9.99. The lowest BCUT2D eigenvalue weighted by molar-refractivity contribution is 0.0919. The molecule has 2 heterocycles. The van der Waals surface area contributed by atoms with Gasteiger partial charge in [0.15, 0.2) is 5.69 Å². The highest BCUT2D eigenvalue weighted by Gasteiger charge is 2.25. The number of carbonyl (C=O) groups is 1. The van der Waals surface area contributed by atoms with Crippen LogP contribution >= 0.6 is 0 Å². The van der Waals surface area contributed by atoms with Gasteiger partial charge in [0.1, 0.15) is 0 Å². The van der Waals surface area contributed by atoms with E-state index in [4.69, 9.17) is 0 Å². The van der Waals surface area contributed by atoms with Crippen molar-refractivity contribution in [3.8, 4) is 0 Å². The molecular formula is C21H29N5O. The van der Waals surface area contributed by atoms with Crippen LogP contribution < -0.4 is 5.32 Å². The molecule has 1 aliphatic carbocycles. The molecule has 0 saturated carbocycles. The van der Waals surface area contributed by atoms with Gasteiger partial charge in [0.05, 0.1) is 11.6 Å². The van der Waals surface area contributed by atoms with Crippen LogP contribution in [0.25, 0.3) is 10.9 Å². The lowest BCUT2D eigenvalue weighted by Crippen LogP contribution is -2.47.